The number of nitrogens with two attached hydrogens (primary N) is 1. The zero-order valence-electron chi connectivity index (χ0n) is 10.5. The van der Waals surface area contributed by atoms with E-state index in [1.54, 1.807) is 0 Å². The number of rotatable bonds is 4. The second kappa shape index (κ2) is 5.93. The molecule has 0 spiro atoms. The molecule has 2 rings (SSSR count). The minimum atomic E-state index is -3.88. The predicted molar refractivity (Wildman–Crippen MR) is 82.2 cm³/mol. The molecule has 21 heavy (non-hydrogen) atoms. The van der Waals surface area contributed by atoms with Gasteiger partial charge in [-0.15, -0.1) is 0 Å². The van der Waals surface area contributed by atoms with Gasteiger partial charge >= 0.3 is 0 Å². The van der Waals surface area contributed by atoms with Gasteiger partial charge in [0.15, 0.2) is 0 Å². The van der Waals surface area contributed by atoms with Gasteiger partial charge in [-0.05, 0) is 42.5 Å². The molecule has 110 valence electrons. The van der Waals surface area contributed by atoms with Gasteiger partial charge < -0.3 is 5.73 Å². The standard InChI is InChI=1S/C13H10Cl2N2O3S/c14-9-3-6-11(15)12(7-9)21(19,20)17-10-4-1-8(2-5-10)13(16)18/h1-7,17H,(H2,16,18). The summed E-state index contributed by atoms with van der Waals surface area (Å²) in [5.74, 6) is -0.595. The molecule has 0 atom stereocenters. The van der Waals surface area contributed by atoms with E-state index in [9.17, 15) is 13.2 Å². The van der Waals surface area contributed by atoms with Crippen molar-refractivity contribution in [3.05, 3.63) is 58.1 Å². The maximum atomic E-state index is 12.2. The van der Waals surface area contributed by atoms with Gasteiger partial charge in [-0.1, -0.05) is 23.2 Å². The molecule has 0 bridgehead atoms. The Hall–Kier alpha value is -1.76. The van der Waals surface area contributed by atoms with Gasteiger partial charge in [0.05, 0.1) is 5.02 Å². The smallest absolute Gasteiger partial charge is 0.263 e. The fraction of sp³-hybridized carbons (Fsp3) is 0. The van der Waals surface area contributed by atoms with E-state index in [1.807, 2.05) is 0 Å². The zero-order chi connectivity index (χ0) is 15.6. The zero-order valence-corrected chi connectivity index (χ0v) is 12.8. The molecule has 0 saturated carbocycles. The molecule has 0 heterocycles. The summed E-state index contributed by atoms with van der Waals surface area (Å²) in [5.41, 5.74) is 5.66. The first-order chi connectivity index (χ1) is 9.79. The van der Waals surface area contributed by atoms with Gasteiger partial charge in [0.25, 0.3) is 10.0 Å². The number of amides is 1. The average Bonchev–Trinajstić information content (AvgIpc) is 2.41. The highest BCUT2D eigenvalue weighted by atomic mass is 35.5. The van der Waals surface area contributed by atoms with E-state index in [2.05, 4.69) is 4.72 Å². The number of halogens is 2. The van der Waals surface area contributed by atoms with Crippen molar-refractivity contribution in [1.29, 1.82) is 0 Å². The Balaban J connectivity index is 2.33. The molecule has 2 aromatic rings. The lowest BCUT2D eigenvalue weighted by molar-refractivity contribution is 0.100. The van der Waals surface area contributed by atoms with Crippen molar-refractivity contribution < 1.29 is 13.2 Å². The van der Waals surface area contributed by atoms with Gasteiger partial charge in [-0.2, -0.15) is 0 Å². The second-order valence-electron chi connectivity index (χ2n) is 4.12. The molecule has 0 unspecified atom stereocenters. The molecule has 5 nitrogen and oxygen atoms in total. The Morgan fingerprint density at radius 3 is 2.24 bits per heavy atom. The predicted octanol–water partition coefficient (Wildman–Crippen LogP) is 2.89. The topological polar surface area (TPSA) is 89.3 Å². The van der Waals surface area contributed by atoms with Gasteiger partial charge in [0, 0.05) is 16.3 Å². The first-order valence-corrected chi connectivity index (χ1v) is 7.91. The van der Waals surface area contributed by atoms with Crippen molar-refractivity contribution in [3.8, 4) is 0 Å². The van der Waals surface area contributed by atoms with Gasteiger partial charge in [0.2, 0.25) is 5.91 Å². The van der Waals surface area contributed by atoms with Gasteiger partial charge in [-0.3, -0.25) is 9.52 Å². The van der Waals surface area contributed by atoms with Crippen LogP contribution in [0.2, 0.25) is 10.0 Å². The Kier molecular flexibility index (Phi) is 4.41. The number of carbonyl (C=O) groups is 1. The fourth-order valence-corrected chi connectivity index (χ4v) is 3.42. The van der Waals surface area contributed by atoms with Crippen LogP contribution in [0.4, 0.5) is 5.69 Å². The van der Waals surface area contributed by atoms with E-state index in [0.29, 0.717) is 0 Å². The third-order valence-corrected chi connectivity index (χ3v) is 4.70. The average molecular weight is 345 g/mol. The van der Waals surface area contributed by atoms with Crippen LogP contribution in [0.5, 0.6) is 0 Å². The van der Waals surface area contributed by atoms with Crippen LogP contribution in [-0.4, -0.2) is 14.3 Å². The summed E-state index contributed by atoms with van der Waals surface area (Å²) in [6.07, 6.45) is 0. The maximum absolute atomic E-state index is 12.2. The molecule has 0 aromatic heterocycles. The van der Waals surface area contributed by atoms with Crippen molar-refractivity contribution in [2.24, 2.45) is 5.73 Å². The van der Waals surface area contributed by atoms with Gasteiger partial charge in [0.1, 0.15) is 4.90 Å². The summed E-state index contributed by atoms with van der Waals surface area (Å²) in [4.78, 5) is 10.8. The largest absolute Gasteiger partial charge is 0.366 e. The number of benzene rings is 2. The first kappa shape index (κ1) is 15.6. The number of hydrogen-bond donors (Lipinski definition) is 2. The number of anilines is 1. The Morgan fingerprint density at radius 2 is 1.67 bits per heavy atom. The number of primary amides is 1. The van der Waals surface area contributed by atoms with Crippen molar-refractivity contribution in [2.75, 3.05) is 4.72 Å². The summed E-state index contributed by atoms with van der Waals surface area (Å²) < 4.78 is 26.8. The molecule has 1 amide bonds. The van der Waals surface area contributed by atoms with E-state index >= 15 is 0 Å². The minimum Gasteiger partial charge on any atom is -0.366 e. The molecule has 0 radical (unpaired) electrons. The number of nitrogens with one attached hydrogen (secondary N) is 1. The van der Waals surface area contributed by atoms with Gasteiger partial charge in [-0.25, -0.2) is 8.42 Å². The lowest BCUT2D eigenvalue weighted by Crippen LogP contribution is -2.14. The van der Waals surface area contributed by atoms with E-state index in [0.717, 1.165) is 0 Å². The molecule has 2 aromatic carbocycles. The Labute approximate surface area is 131 Å². The van der Waals surface area contributed by atoms with Crippen LogP contribution in [0.1, 0.15) is 10.4 Å². The van der Waals surface area contributed by atoms with Crippen LogP contribution in [-0.2, 0) is 10.0 Å². The molecular weight excluding hydrogens is 335 g/mol. The van der Waals surface area contributed by atoms with Crippen molar-refractivity contribution in [1.82, 2.24) is 0 Å². The van der Waals surface area contributed by atoms with Crippen molar-refractivity contribution in [2.45, 2.75) is 4.90 Å². The van der Waals surface area contributed by atoms with Crippen LogP contribution in [0.15, 0.2) is 47.4 Å². The summed E-state index contributed by atoms with van der Waals surface area (Å²) in [6.45, 7) is 0. The molecule has 3 N–H and O–H groups in total. The monoisotopic (exact) mass is 344 g/mol. The van der Waals surface area contributed by atoms with Crippen LogP contribution < -0.4 is 10.5 Å². The minimum absolute atomic E-state index is 0.0562. The maximum Gasteiger partial charge on any atom is 0.263 e. The Bertz CT molecular complexity index is 790. The highest BCUT2D eigenvalue weighted by Gasteiger charge is 2.18. The number of sulfonamides is 1. The van der Waals surface area contributed by atoms with E-state index < -0.39 is 15.9 Å². The van der Waals surface area contributed by atoms with Crippen molar-refractivity contribution >= 4 is 44.8 Å². The molecule has 0 aliphatic carbocycles. The highest BCUT2D eigenvalue weighted by molar-refractivity contribution is 7.92. The molecular formula is C13H10Cl2N2O3S. The summed E-state index contributed by atoms with van der Waals surface area (Å²) in [5, 5.41) is 0.310. The van der Waals surface area contributed by atoms with E-state index in [-0.39, 0.29) is 26.2 Å². The third-order valence-electron chi connectivity index (χ3n) is 2.60. The van der Waals surface area contributed by atoms with Crippen LogP contribution in [0.3, 0.4) is 0 Å². The quantitative estimate of drug-likeness (QED) is 0.893. The summed E-state index contributed by atoms with van der Waals surface area (Å²) in [7, 11) is -3.88. The van der Waals surface area contributed by atoms with Crippen molar-refractivity contribution in [3.63, 3.8) is 0 Å². The van der Waals surface area contributed by atoms with Crippen LogP contribution >= 0.6 is 23.2 Å². The first-order valence-electron chi connectivity index (χ1n) is 5.67. The second-order valence-corrected chi connectivity index (χ2v) is 6.62. The van der Waals surface area contributed by atoms with E-state index in [4.69, 9.17) is 28.9 Å². The Morgan fingerprint density at radius 1 is 1.05 bits per heavy atom. The highest BCUT2D eigenvalue weighted by Crippen LogP contribution is 2.26. The molecule has 0 saturated heterocycles. The molecule has 0 aliphatic rings. The number of hydrogen-bond acceptors (Lipinski definition) is 3. The molecule has 0 fully saturated rings. The lowest BCUT2D eigenvalue weighted by Gasteiger charge is -2.10. The molecule has 8 heteroatoms. The summed E-state index contributed by atoms with van der Waals surface area (Å²) >= 11 is 11.7. The lowest BCUT2D eigenvalue weighted by atomic mass is 10.2. The number of carbonyl (C=O) groups excluding carboxylic acids is 1. The normalized spacial score (nSPS) is 11.1. The SMILES string of the molecule is NC(=O)c1ccc(NS(=O)(=O)c2cc(Cl)ccc2Cl)cc1. The third kappa shape index (κ3) is 3.66. The molecule has 0 aliphatic heterocycles. The van der Waals surface area contributed by atoms with Crippen LogP contribution in [0, 0.1) is 0 Å². The van der Waals surface area contributed by atoms with E-state index in [1.165, 1.54) is 42.5 Å². The van der Waals surface area contributed by atoms with Crippen LogP contribution in [0.25, 0.3) is 0 Å². The fourth-order valence-electron chi connectivity index (χ4n) is 1.60. The summed E-state index contributed by atoms with van der Waals surface area (Å²) in [6, 6.07) is 9.83.